The molecule has 0 amide bonds. The van der Waals surface area contributed by atoms with E-state index in [1.807, 2.05) is 30.3 Å². The Morgan fingerprint density at radius 1 is 0.885 bits per heavy atom. The number of fused-ring (bicyclic) bond motifs is 1. The van der Waals surface area contributed by atoms with Gasteiger partial charge in [0.25, 0.3) is 0 Å². The fourth-order valence-electron chi connectivity index (χ4n) is 2.62. The topological polar surface area (TPSA) is 78.2 Å². The Labute approximate surface area is 148 Å². The highest BCUT2D eigenvalue weighted by Crippen LogP contribution is 2.34. The molecule has 6 nitrogen and oxygen atoms in total. The molecule has 4 aromatic rings. The first kappa shape index (κ1) is 15.7. The summed E-state index contributed by atoms with van der Waals surface area (Å²) < 4.78 is 5.65. The quantitative estimate of drug-likeness (QED) is 0.385. The summed E-state index contributed by atoms with van der Waals surface area (Å²) in [5.74, 6) is 0.715. The van der Waals surface area contributed by atoms with Gasteiger partial charge in [0.1, 0.15) is 5.75 Å². The van der Waals surface area contributed by atoms with Crippen LogP contribution in [-0.4, -0.2) is 14.9 Å². The molecule has 0 aliphatic rings. The Kier molecular flexibility index (Phi) is 3.99. The Bertz CT molecular complexity index is 1100. The lowest BCUT2D eigenvalue weighted by Gasteiger charge is -2.08. The first-order valence-electron chi connectivity index (χ1n) is 7.94. The number of nitro groups is 1. The molecule has 0 saturated carbocycles. The molecule has 0 spiro atoms. The Hall–Kier alpha value is -3.80. The van der Waals surface area contributed by atoms with Crippen LogP contribution in [0.1, 0.15) is 0 Å². The number of rotatable bonds is 4. The fourth-order valence-corrected chi connectivity index (χ4v) is 2.62. The van der Waals surface area contributed by atoms with Crippen LogP contribution in [0.25, 0.3) is 22.3 Å². The predicted molar refractivity (Wildman–Crippen MR) is 98.1 cm³/mol. The number of nitro benzene ring substituents is 1. The van der Waals surface area contributed by atoms with Gasteiger partial charge in [0, 0.05) is 11.6 Å². The van der Waals surface area contributed by atoms with Crippen LogP contribution in [0, 0.1) is 10.1 Å². The van der Waals surface area contributed by atoms with Gasteiger partial charge >= 0.3 is 5.69 Å². The van der Waals surface area contributed by atoms with Gasteiger partial charge in [-0.2, -0.15) is 0 Å². The summed E-state index contributed by atoms with van der Waals surface area (Å²) in [7, 11) is 0. The molecule has 0 aliphatic carbocycles. The lowest BCUT2D eigenvalue weighted by atomic mass is 10.1. The van der Waals surface area contributed by atoms with E-state index in [9.17, 15) is 10.1 Å². The van der Waals surface area contributed by atoms with Crippen molar-refractivity contribution >= 4 is 16.7 Å². The number of aromatic nitrogens is 2. The largest absolute Gasteiger partial charge is 0.450 e. The highest BCUT2D eigenvalue weighted by atomic mass is 16.6. The second kappa shape index (κ2) is 6.60. The van der Waals surface area contributed by atoms with Crippen LogP contribution in [0.15, 0.2) is 79.0 Å². The smallest absolute Gasteiger partial charge is 0.312 e. The summed E-state index contributed by atoms with van der Waals surface area (Å²) in [4.78, 5) is 19.9. The second-order valence-electron chi connectivity index (χ2n) is 5.60. The number of ether oxygens (including phenoxy) is 1. The zero-order valence-electron chi connectivity index (χ0n) is 13.6. The van der Waals surface area contributed by atoms with Crippen molar-refractivity contribution in [3.8, 4) is 22.8 Å². The van der Waals surface area contributed by atoms with Crippen LogP contribution < -0.4 is 4.74 Å². The van der Waals surface area contributed by atoms with E-state index in [1.54, 1.807) is 42.6 Å². The second-order valence-corrected chi connectivity index (χ2v) is 5.60. The first-order chi connectivity index (χ1) is 12.7. The zero-order chi connectivity index (χ0) is 17.9. The summed E-state index contributed by atoms with van der Waals surface area (Å²) in [6.45, 7) is 0. The molecule has 1 heterocycles. The number of hydrogen-bond donors (Lipinski definition) is 0. The molecule has 0 fully saturated rings. The molecular formula is C20H13N3O3. The minimum absolute atomic E-state index is 0.124. The van der Waals surface area contributed by atoms with E-state index in [-0.39, 0.29) is 11.4 Å². The molecule has 0 unspecified atom stereocenters. The standard InChI is InChI=1S/C20H13N3O3/c24-23(25)19-12-14(10-11-20(19)26-15-6-2-1-3-7-15)18-13-21-16-8-4-5-9-17(16)22-18/h1-13H. The molecule has 1 aromatic heterocycles. The molecular weight excluding hydrogens is 330 g/mol. The maximum absolute atomic E-state index is 11.5. The molecule has 0 saturated heterocycles. The summed E-state index contributed by atoms with van der Waals surface area (Å²) in [6, 6.07) is 21.2. The van der Waals surface area contributed by atoms with Gasteiger partial charge < -0.3 is 4.74 Å². The average molecular weight is 343 g/mol. The van der Waals surface area contributed by atoms with Crippen molar-refractivity contribution in [1.82, 2.24) is 9.97 Å². The molecule has 0 bridgehead atoms. The van der Waals surface area contributed by atoms with Crippen molar-refractivity contribution in [2.75, 3.05) is 0 Å². The minimum atomic E-state index is -0.462. The normalized spacial score (nSPS) is 10.6. The molecule has 0 aliphatic heterocycles. The van der Waals surface area contributed by atoms with Crippen molar-refractivity contribution < 1.29 is 9.66 Å². The molecule has 26 heavy (non-hydrogen) atoms. The van der Waals surface area contributed by atoms with Gasteiger partial charge in [0.15, 0.2) is 0 Å². The molecule has 126 valence electrons. The molecule has 4 rings (SSSR count). The van der Waals surface area contributed by atoms with Gasteiger partial charge in [-0.25, -0.2) is 4.98 Å². The van der Waals surface area contributed by atoms with E-state index in [4.69, 9.17) is 4.74 Å². The first-order valence-corrected chi connectivity index (χ1v) is 7.94. The van der Waals surface area contributed by atoms with Gasteiger partial charge in [-0.1, -0.05) is 30.3 Å². The maximum Gasteiger partial charge on any atom is 0.312 e. The van der Waals surface area contributed by atoms with Crippen LogP contribution in [0.3, 0.4) is 0 Å². The lowest BCUT2D eigenvalue weighted by Crippen LogP contribution is -1.95. The minimum Gasteiger partial charge on any atom is -0.450 e. The van der Waals surface area contributed by atoms with Crippen molar-refractivity contribution in [3.05, 3.63) is 89.1 Å². The van der Waals surface area contributed by atoms with Crippen LogP contribution in [-0.2, 0) is 0 Å². The van der Waals surface area contributed by atoms with E-state index in [0.29, 0.717) is 17.0 Å². The van der Waals surface area contributed by atoms with Crippen molar-refractivity contribution in [2.24, 2.45) is 0 Å². The molecule has 0 atom stereocenters. The third kappa shape index (κ3) is 3.08. The van der Waals surface area contributed by atoms with E-state index in [1.165, 1.54) is 6.07 Å². The van der Waals surface area contributed by atoms with Crippen molar-refractivity contribution in [3.63, 3.8) is 0 Å². The Morgan fingerprint density at radius 2 is 1.62 bits per heavy atom. The summed E-state index contributed by atoms with van der Waals surface area (Å²) in [5, 5.41) is 11.5. The third-order valence-electron chi connectivity index (χ3n) is 3.87. The molecule has 0 radical (unpaired) electrons. The summed E-state index contributed by atoms with van der Waals surface area (Å²) in [6.07, 6.45) is 1.61. The number of benzene rings is 3. The number of para-hydroxylation sites is 3. The van der Waals surface area contributed by atoms with E-state index in [2.05, 4.69) is 9.97 Å². The van der Waals surface area contributed by atoms with Crippen LogP contribution >= 0.6 is 0 Å². The summed E-state index contributed by atoms with van der Waals surface area (Å²) in [5.41, 5.74) is 2.56. The molecule has 3 aromatic carbocycles. The van der Waals surface area contributed by atoms with Gasteiger partial charge in [-0.3, -0.25) is 15.1 Å². The Morgan fingerprint density at radius 3 is 2.38 bits per heavy atom. The Balaban J connectivity index is 1.75. The maximum atomic E-state index is 11.5. The van der Waals surface area contributed by atoms with E-state index < -0.39 is 4.92 Å². The van der Waals surface area contributed by atoms with Crippen LogP contribution in [0.2, 0.25) is 0 Å². The monoisotopic (exact) mass is 343 g/mol. The van der Waals surface area contributed by atoms with Crippen molar-refractivity contribution in [1.29, 1.82) is 0 Å². The SMILES string of the molecule is O=[N+]([O-])c1cc(-c2cnc3ccccc3n2)ccc1Oc1ccccc1. The van der Waals surface area contributed by atoms with Gasteiger partial charge in [0.2, 0.25) is 5.75 Å². The summed E-state index contributed by atoms with van der Waals surface area (Å²) >= 11 is 0. The lowest BCUT2D eigenvalue weighted by molar-refractivity contribution is -0.385. The number of nitrogens with zero attached hydrogens (tertiary/aromatic N) is 3. The van der Waals surface area contributed by atoms with E-state index >= 15 is 0 Å². The van der Waals surface area contributed by atoms with Gasteiger partial charge in [-0.15, -0.1) is 0 Å². The van der Waals surface area contributed by atoms with E-state index in [0.717, 1.165) is 11.0 Å². The van der Waals surface area contributed by atoms with Crippen molar-refractivity contribution in [2.45, 2.75) is 0 Å². The average Bonchev–Trinajstić information content (AvgIpc) is 2.68. The highest BCUT2D eigenvalue weighted by molar-refractivity contribution is 5.77. The molecule has 6 heteroatoms. The zero-order valence-corrected chi connectivity index (χ0v) is 13.6. The third-order valence-corrected chi connectivity index (χ3v) is 3.87. The van der Waals surface area contributed by atoms with Crippen LogP contribution in [0.4, 0.5) is 5.69 Å². The number of hydrogen-bond acceptors (Lipinski definition) is 5. The molecule has 0 N–H and O–H groups in total. The highest BCUT2D eigenvalue weighted by Gasteiger charge is 2.18. The van der Waals surface area contributed by atoms with Crippen LogP contribution in [0.5, 0.6) is 11.5 Å². The predicted octanol–water partition coefficient (Wildman–Crippen LogP) is 5.00. The van der Waals surface area contributed by atoms with Gasteiger partial charge in [-0.05, 0) is 36.4 Å². The fraction of sp³-hybridized carbons (Fsp3) is 0. The van der Waals surface area contributed by atoms with Gasteiger partial charge in [0.05, 0.1) is 27.8 Å².